The number of nitrogens with one attached hydrogen (secondary N) is 2. The van der Waals surface area contributed by atoms with E-state index in [-0.39, 0.29) is 24.1 Å². The van der Waals surface area contributed by atoms with Gasteiger partial charge in [-0.05, 0) is 48.2 Å². The van der Waals surface area contributed by atoms with Crippen molar-refractivity contribution in [3.05, 3.63) is 76.5 Å². The zero-order valence-electron chi connectivity index (χ0n) is 15.1. The average Bonchev–Trinajstić information content (AvgIpc) is 3.15. The molecule has 2 amide bonds. The van der Waals surface area contributed by atoms with E-state index < -0.39 is 0 Å². The number of thiazole rings is 1. The Morgan fingerprint density at radius 2 is 1.93 bits per heavy atom. The number of aromatic nitrogens is 1. The van der Waals surface area contributed by atoms with Crippen molar-refractivity contribution in [3.8, 4) is 10.6 Å². The standard InChI is InChI=1S/C20H18FN3O2S2/c1-27-11-13-3-2-4-15(9-13)19(26)24-23-18(25)10-17-12-28-20(22-17)14-5-7-16(21)8-6-14/h2-9,12H,10-11H2,1H3,(H,23,25)(H,24,26). The molecular formula is C20H18FN3O2S2. The summed E-state index contributed by atoms with van der Waals surface area (Å²) in [6, 6.07) is 13.3. The maximum atomic E-state index is 13.0. The average molecular weight is 416 g/mol. The van der Waals surface area contributed by atoms with Gasteiger partial charge in [-0.1, -0.05) is 12.1 Å². The Balaban J connectivity index is 1.54. The molecule has 2 N–H and O–H groups in total. The van der Waals surface area contributed by atoms with Crippen LogP contribution in [0.5, 0.6) is 0 Å². The van der Waals surface area contributed by atoms with Crippen LogP contribution >= 0.6 is 23.1 Å². The Kier molecular flexibility index (Phi) is 6.78. The Bertz CT molecular complexity index is 974. The number of amides is 2. The monoisotopic (exact) mass is 415 g/mol. The molecule has 0 aliphatic heterocycles. The number of hydrogen-bond acceptors (Lipinski definition) is 5. The topological polar surface area (TPSA) is 71.1 Å². The minimum Gasteiger partial charge on any atom is -0.273 e. The lowest BCUT2D eigenvalue weighted by molar-refractivity contribution is -0.121. The van der Waals surface area contributed by atoms with Gasteiger partial charge in [0.2, 0.25) is 5.91 Å². The largest absolute Gasteiger partial charge is 0.273 e. The number of rotatable bonds is 6. The van der Waals surface area contributed by atoms with Crippen molar-refractivity contribution in [2.45, 2.75) is 12.2 Å². The first-order valence-corrected chi connectivity index (χ1v) is 10.7. The number of hydrazine groups is 1. The maximum Gasteiger partial charge on any atom is 0.269 e. The van der Waals surface area contributed by atoms with Crippen LogP contribution in [0.15, 0.2) is 53.9 Å². The summed E-state index contributed by atoms with van der Waals surface area (Å²) in [5, 5.41) is 2.48. The van der Waals surface area contributed by atoms with Crippen molar-refractivity contribution in [2.75, 3.05) is 6.26 Å². The molecule has 0 fully saturated rings. The van der Waals surface area contributed by atoms with Crippen LogP contribution in [-0.2, 0) is 17.0 Å². The fraction of sp³-hybridized carbons (Fsp3) is 0.150. The maximum absolute atomic E-state index is 13.0. The minimum absolute atomic E-state index is 0.0322. The third-order valence-electron chi connectivity index (χ3n) is 3.80. The van der Waals surface area contributed by atoms with Gasteiger partial charge in [0, 0.05) is 22.3 Å². The summed E-state index contributed by atoms with van der Waals surface area (Å²) in [6.07, 6.45) is 2.03. The first kappa shape index (κ1) is 20.0. The van der Waals surface area contributed by atoms with Crippen LogP contribution in [0.3, 0.4) is 0 Å². The first-order chi connectivity index (χ1) is 13.5. The van der Waals surface area contributed by atoms with E-state index in [9.17, 15) is 14.0 Å². The van der Waals surface area contributed by atoms with Crippen LogP contribution < -0.4 is 10.9 Å². The Labute approximate surface area is 170 Å². The molecule has 0 unspecified atom stereocenters. The van der Waals surface area contributed by atoms with Gasteiger partial charge < -0.3 is 0 Å². The van der Waals surface area contributed by atoms with Gasteiger partial charge in [0.15, 0.2) is 0 Å². The van der Waals surface area contributed by atoms with E-state index in [0.29, 0.717) is 16.3 Å². The zero-order valence-corrected chi connectivity index (χ0v) is 16.7. The van der Waals surface area contributed by atoms with Crippen LogP contribution in [0.25, 0.3) is 10.6 Å². The van der Waals surface area contributed by atoms with Gasteiger partial charge in [0.1, 0.15) is 10.8 Å². The Morgan fingerprint density at radius 3 is 2.68 bits per heavy atom. The lowest BCUT2D eigenvalue weighted by Gasteiger charge is -2.08. The summed E-state index contributed by atoms with van der Waals surface area (Å²) in [5.74, 6) is -0.242. The van der Waals surface area contributed by atoms with E-state index in [1.807, 2.05) is 18.4 Å². The molecule has 0 aliphatic carbocycles. The molecule has 0 bridgehead atoms. The lowest BCUT2D eigenvalue weighted by Crippen LogP contribution is -2.42. The molecule has 144 valence electrons. The summed E-state index contributed by atoms with van der Waals surface area (Å²) >= 11 is 3.04. The number of nitrogens with zero attached hydrogens (tertiary/aromatic N) is 1. The number of halogens is 1. The highest BCUT2D eigenvalue weighted by Crippen LogP contribution is 2.24. The molecule has 28 heavy (non-hydrogen) atoms. The number of carbonyl (C=O) groups is 2. The summed E-state index contributed by atoms with van der Waals surface area (Å²) in [5.41, 5.74) is 7.73. The molecular weight excluding hydrogens is 397 g/mol. The van der Waals surface area contributed by atoms with Gasteiger partial charge in [-0.15, -0.1) is 11.3 Å². The predicted molar refractivity (Wildman–Crippen MR) is 110 cm³/mol. The normalized spacial score (nSPS) is 10.5. The van der Waals surface area contributed by atoms with E-state index >= 15 is 0 Å². The minimum atomic E-state index is -0.374. The SMILES string of the molecule is CSCc1cccc(C(=O)NNC(=O)Cc2csc(-c3ccc(F)cc3)n2)c1. The molecule has 1 aromatic heterocycles. The summed E-state index contributed by atoms with van der Waals surface area (Å²) in [6.45, 7) is 0. The molecule has 3 rings (SSSR count). The molecule has 1 heterocycles. The molecule has 8 heteroatoms. The van der Waals surface area contributed by atoms with Gasteiger partial charge in [0.05, 0.1) is 12.1 Å². The van der Waals surface area contributed by atoms with E-state index in [1.54, 1.807) is 41.4 Å². The van der Waals surface area contributed by atoms with Crippen molar-refractivity contribution >= 4 is 34.9 Å². The van der Waals surface area contributed by atoms with Gasteiger partial charge in [0.25, 0.3) is 5.91 Å². The molecule has 0 saturated carbocycles. The van der Waals surface area contributed by atoms with Crippen LogP contribution in [0.1, 0.15) is 21.6 Å². The number of thioether (sulfide) groups is 1. The molecule has 0 saturated heterocycles. The molecule has 2 aromatic carbocycles. The van der Waals surface area contributed by atoms with Gasteiger partial charge in [-0.25, -0.2) is 9.37 Å². The van der Waals surface area contributed by atoms with E-state index in [2.05, 4.69) is 15.8 Å². The zero-order chi connectivity index (χ0) is 19.9. The third kappa shape index (κ3) is 5.40. The molecule has 0 atom stereocenters. The fourth-order valence-corrected chi connectivity index (χ4v) is 3.83. The first-order valence-electron chi connectivity index (χ1n) is 8.42. The summed E-state index contributed by atoms with van der Waals surface area (Å²) in [4.78, 5) is 28.7. The third-order valence-corrected chi connectivity index (χ3v) is 5.36. The molecule has 0 spiro atoms. The highest BCUT2D eigenvalue weighted by Gasteiger charge is 2.11. The molecule has 5 nitrogen and oxygen atoms in total. The van der Waals surface area contributed by atoms with E-state index in [4.69, 9.17) is 0 Å². The highest BCUT2D eigenvalue weighted by atomic mass is 32.2. The van der Waals surface area contributed by atoms with Crippen molar-refractivity contribution in [1.82, 2.24) is 15.8 Å². The predicted octanol–water partition coefficient (Wildman–Crippen LogP) is 3.82. The molecule has 0 radical (unpaired) electrons. The fourth-order valence-electron chi connectivity index (χ4n) is 2.49. The second kappa shape index (κ2) is 9.48. The molecule has 0 aliphatic rings. The van der Waals surface area contributed by atoms with Gasteiger partial charge in [-0.2, -0.15) is 11.8 Å². The quantitative estimate of drug-likeness (QED) is 0.601. The highest BCUT2D eigenvalue weighted by molar-refractivity contribution is 7.97. The number of carbonyl (C=O) groups excluding carboxylic acids is 2. The van der Waals surface area contributed by atoms with Crippen LogP contribution in [0, 0.1) is 5.82 Å². The van der Waals surface area contributed by atoms with Crippen molar-refractivity contribution in [1.29, 1.82) is 0 Å². The van der Waals surface area contributed by atoms with E-state index in [0.717, 1.165) is 16.9 Å². The van der Waals surface area contributed by atoms with Gasteiger partial charge >= 0.3 is 0 Å². The number of hydrogen-bond donors (Lipinski definition) is 2. The smallest absolute Gasteiger partial charge is 0.269 e. The van der Waals surface area contributed by atoms with Crippen LogP contribution in [0.2, 0.25) is 0 Å². The Hall–Kier alpha value is -2.71. The van der Waals surface area contributed by atoms with Crippen molar-refractivity contribution in [3.63, 3.8) is 0 Å². The number of benzene rings is 2. The van der Waals surface area contributed by atoms with Gasteiger partial charge in [-0.3, -0.25) is 20.4 Å². The summed E-state index contributed by atoms with van der Waals surface area (Å²) in [7, 11) is 0. The van der Waals surface area contributed by atoms with Crippen LogP contribution in [-0.4, -0.2) is 23.1 Å². The lowest BCUT2D eigenvalue weighted by atomic mass is 10.1. The second-order valence-corrected chi connectivity index (χ2v) is 7.69. The van der Waals surface area contributed by atoms with Crippen molar-refractivity contribution in [2.24, 2.45) is 0 Å². The van der Waals surface area contributed by atoms with Crippen LogP contribution in [0.4, 0.5) is 4.39 Å². The Morgan fingerprint density at radius 1 is 1.14 bits per heavy atom. The molecule has 3 aromatic rings. The van der Waals surface area contributed by atoms with Crippen molar-refractivity contribution < 1.29 is 14.0 Å². The second-order valence-electron chi connectivity index (χ2n) is 5.96. The summed E-state index contributed by atoms with van der Waals surface area (Å²) < 4.78 is 13.0. The van der Waals surface area contributed by atoms with E-state index in [1.165, 1.54) is 23.5 Å².